The van der Waals surface area contributed by atoms with Gasteiger partial charge >= 0.3 is 0 Å². The van der Waals surface area contributed by atoms with Crippen molar-refractivity contribution in [2.75, 3.05) is 12.4 Å². The molecule has 5 atom stereocenters. The molecular weight excluding hydrogens is 462 g/mol. The van der Waals surface area contributed by atoms with E-state index in [9.17, 15) is 4.79 Å². The molecule has 3 aliphatic heterocycles. The van der Waals surface area contributed by atoms with Gasteiger partial charge in [-0.15, -0.1) is 0 Å². The Balaban J connectivity index is 1.26. The molecule has 2 aliphatic carbocycles. The standard InChI is InChI=1S/C25H32ClNO7/c1-29-17-9-8-15(14-16(17)26)27-22(28)20-18-19(32-24(31-18)10-4-2-5-11-24)21-23(30-20)34-25(33-21)12-6-3-7-13-25/h8-9,14,18-21,23H,2-7,10-13H2,1H3,(H,27,28). The minimum absolute atomic E-state index is 0.320. The molecule has 0 aromatic heterocycles. The highest BCUT2D eigenvalue weighted by atomic mass is 35.5. The van der Waals surface area contributed by atoms with E-state index in [1.54, 1.807) is 25.3 Å². The third-order valence-electron chi connectivity index (χ3n) is 7.79. The van der Waals surface area contributed by atoms with Crippen LogP contribution >= 0.6 is 11.6 Å². The zero-order valence-electron chi connectivity index (χ0n) is 19.4. The number of carbonyl (C=O) groups is 1. The summed E-state index contributed by atoms with van der Waals surface area (Å²) in [5.74, 6) is -1.12. The number of methoxy groups -OCH3 is 1. The third kappa shape index (κ3) is 4.02. The van der Waals surface area contributed by atoms with Crippen molar-refractivity contribution >= 4 is 23.2 Å². The molecule has 8 nitrogen and oxygen atoms in total. The van der Waals surface area contributed by atoms with E-state index in [0.29, 0.717) is 16.5 Å². The van der Waals surface area contributed by atoms with E-state index in [4.69, 9.17) is 40.0 Å². The second-order valence-corrected chi connectivity index (χ2v) is 10.5. The number of halogens is 1. The summed E-state index contributed by atoms with van der Waals surface area (Å²) in [4.78, 5) is 13.5. The van der Waals surface area contributed by atoms with Gasteiger partial charge in [0.25, 0.3) is 5.91 Å². The molecule has 186 valence electrons. The van der Waals surface area contributed by atoms with E-state index in [0.717, 1.165) is 57.8 Å². The fourth-order valence-electron chi connectivity index (χ4n) is 6.13. The van der Waals surface area contributed by atoms with Crippen molar-refractivity contribution in [3.8, 4) is 5.75 Å². The third-order valence-corrected chi connectivity index (χ3v) is 8.08. The van der Waals surface area contributed by atoms with Crippen molar-refractivity contribution in [2.24, 2.45) is 0 Å². The molecule has 9 heteroatoms. The monoisotopic (exact) mass is 493 g/mol. The number of carbonyl (C=O) groups excluding carboxylic acids is 1. The number of fused-ring (bicyclic) bond motifs is 3. The highest BCUT2D eigenvalue weighted by molar-refractivity contribution is 6.32. The zero-order chi connectivity index (χ0) is 23.3. The molecule has 0 radical (unpaired) electrons. The van der Waals surface area contributed by atoms with E-state index in [1.807, 2.05) is 0 Å². The van der Waals surface area contributed by atoms with Gasteiger partial charge < -0.3 is 33.7 Å². The van der Waals surface area contributed by atoms with Gasteiger partial charge in [-0.05, 0) is 43.9 Å². The second kappa shape index (κ2) is 8.91. The average molecular weight is 494 g/mol. The summed E-state index contributed by atoms with van der Waals surface area (Å²) in [6.45, 7) is 0. The quantitative estimate of drug-likeness (QED) is 0.662. The number of anilines is 1. The summed E-state index contributed by atoms with van der Waals surface area (Å²) in [6.07, 6.45) is 6.83. The molecule has 2 spiro atoms. The number of ether oxygens (including phenoxy) is 6. The largest absolute Gasteiger partial charge is 0.495 e. The number of hydrogen-bond acceptors (Lipinski definition) is 7. The second-order valence-electron chi connectivity index (χ2n) is 10.1. The number of nitrogens with one attached hydrogen (secondary N) is 1. The Bertz CT molecular complexity index is 930. The zero-order valence-corrected chi connectivity index (χ0v) is 20.2. The molecule has 2 saturated carbocycles. The molecule has 3 saturated heterocycles. The van der Waals surface area contributed by atoms with Crippen LogP contribution in [0.5, 0.6) is 5.75 Å². The number of benzene rings is 1. The Labute approximate surface area is 204 Å². The Morgan fingerprint density at radius 3 is 2.18 bits per heavy atom. The maximum atomic E-state index is 13.5. The van der Waals surface area contributed by atoms with Crippen molar-refractivity contribution in [1.29, 1.82) is 0 Å². The van der Waals surface area contributed by atoms with Gasteiger partial charge in [0.2, 0.25) is 0 Å². The molecule has 1 amide bonds. The maximum Gasteiger partial charge on any atom is 0.256 e. The lowest BCUT2D eigenvalue weighted by Gasteiger charge is -2.36. The van der Waals surface area contributed by atoms with Crippen molar-refractivity contribution in [3.63, 3.8) is 0 Å². The molecule has 3 heterocycles. The first-order valence-electron chi connectivity index (χ1n) is 12.5. The lowest BCUT2D eigenvalue weighted by Crippen LogP contribution is -2.58. The molecular formula is C25H32ClNO7. The molecule has 1 N–H and O–H groups in total. The van der Waals surface area contributed by atoms with E-state index >= 15 is 0 Å². The topological polar surface area (TPSA) is 84.5 Å². The highest BCUT2D eigenvalue weighted by Gasteiger charge is 2.65. The highest BCUT2D eigenvalue weighted by Crippen LogP contribution is 2.51. The molecule has 5 aliphatic rings. The van der Waals surface area contributed by atoms with Crippen molar-refractivity contribution in [1.82, 2.24) is 0 Å². The van der Waals surface area contributed by atoms with Crippen LogP contribution < -0.4 is 10.1 Å². The van der Waals surface area contributed by atoms with Crippen LogP contribution in [0.3, 0.4) is 0 Å². The average Bonchev–Trinajstić information content (AvgIpc) is 3.37. The van der Waals surface area contributed by atoms with Crippen molar-refractivity contribution in [2.45, 2.75) is 106 Å². The van der Waals surface area contributed by atoms with Crippen molar-refractivity contribution in [3.05, 3.63) is 23.2 Å². The van der Waals surface area contributed by atoms with E-state index < -0.39 is 42.3 Å². The normalized spacial score (nSPS) is 35.6. The van der Waals surface area contributed by atoms with Crippen LogP contribution in [0, 0.1) is 0 Å². The van der Waals surface area contributed by atoms with Crippen LogP contribution in [0.1, 0.15) is 64.2 Å². The molecule has 1 aromatic carbocycles. The van der Waals surface area contributed by atoms with Gasteiger partial charge in [0.1, 0.15) is 24.1 Å². The molecule has 5 fully saturated rings. The van der Waals surface area contributed by atoms with Crippen LogP contribution in [0.15, 0.2) is 18.2 Å². The lowest BCUT2D eigenvalue weighted by atomic mass is 9.94. The Morgan fingerprint density at radius 1 is 0.912 bits per heavy atom. The summed E-state index contributed by atoms with van der Waals surface area (Å²) in [7, 11) is 1.55. The van der Waals surface area contributed by atoms with Gasteiger partial charge in [-0.3, -0.25) is 4.79 Å². The summed E-state index contributed by atoms with van der Waals surface area (Å²) in [6, 6.07) is 5.11. The van der Waals surface area contributed by atoms with Gasteiger partial charge in [-0.25, -0.2) is 0 Å². The molecule has 0 bridgehead atoms. The molecule has 5 unspecified atom stereocenters. The number of hydrogen-bond donors (Lipinski definition) is 1. The van der Waals surface area contributed by atoms with Crippen LogP contribution in [0.4, 0.5) is 5.69 Å². The molecule has 1 aromatic rings. The summed E-state index contributed by atoms with van der Waals surface area (Å²) in [5, 5.41) is 3.34. The molecule has 34 heavy (non-hydrogen) atoms. The first-order valence-corrected chi connectivity index (χ1v) is 12.9. The van der Waals surface area contributed by atoms with Crippen molar-refractivity contribution < 1.29 is 33.2 Å². The fraction of sp³-hybridized carbons (Fsp3) is 0.720. The lowest BCUT2D eigenvalue weighted by molar-refractivity contribution is -0.246. The van der Waals surface area contributed by atoms with Crippen LogP contribution in [-0.2, 0) is 28.5 Å². The van der Waals surface area contributed by atoms with Crippen LogP contribution in [0.25, 0.3) is 0 Å². The van der Waals surface area contributed by atoms with Crippen LogP contribution in [-0.4, -0.2) is 55.3 Å². The summed E-state index contributed by atoms with van der Waals surface area (Å²) >= 11 is 6.25. The smallest absolute Gasteiger partial charge is 0.256 e. The minimum atomic E-state index is -0.893. The van der Waals surface area contributed by atoms with Gasteiger partial charge in [-0.2, -0.15) is 0 Å². The summed E-state index contributed by atoms with van der Waals surface area (Å²) in [5.41, 5.74) is 0.553. The first-order chi connectivity index (χ1) is 16.5. The fourth-order valence-corrected chi connectivity index (χ4v) is 6.38. The SMILES string of the molecule is COc1ccc(NC(=O)C2OC3OC4(CCCCC4)OC3C3OC4(CCCCC4)OC23)cc1Cl. The molecule has 6 rings (SSSR count). The van der Waals surface area contributed by atoms with Gasteiger partial charge in [0.05, 0.1) is 12.1 Å². The maximum absolute atomic E-state index is 13.5. The number of rotatable bonds is 3. The van der Waals surface area contributed by atoms with E-state index in [2.05, 4.69) is 5.32 Å². The minimum Gasteiger partial charge on any atom is -0.495 e. The Kier molecular flexibility index (Phi) is 6.03. The van der Waals surface area contributed by atoms with Gasteiger partial charge in [0.15, 0.2) is 24.0 Å². The Morgan fingerprint density at radius 2 is 1.53 bits per heavy atom. The van der Waals surface area contributed by atoms with E-state index in [1.165, 1.54) is 6.42 Å². The van der Waals surface area contributed by atoms with Gasteiger partial charge in [-0.1, -0.05) is 24.4 Å². The summed E-state index contributed by atoms with van der Waals surface area (Å²) < 4.78 is 37.5. The predicted octanol–water partition coefficient (Wildman–Crippen LogP) is 4.53. The Hall–Kier alpha value is -1.42. The first kappa shape index (κ1) is 23.0. The number of amides is 1. The van der Waals surface area contributed by atoms with E-state index in [-0.39, 0.29) is 5.91 Å². The van der Waals surface area contributed by atoms with Crippen LogP contribution in [0.2, 0.25) is 5.02 Å². The van der Waals surface area contributed by atoms with Gasteiger partial charge in [0, 0.05) is 31.4 Å². The predicted molar refractivity (Wildman–Crippen MR) is 123 cm³/mol.